The number of hydrogen-bond donors (Lipinski definition) is 1. The van der Waals surface area contributed by atoms with E-state index in [4.69, 9.17) is 0 Å². The lowest BCUT2D eigenvalue weighted by atomic mass is 9.98. The summed E-state index contributed by atoms with van der Waals surface area (Å²) in [6.45, 7) is -0.299. The number of benzene rings is 5. The molecule has 14 heteroatoms. The van der Waals surface area contributed by atoms with Crippen molar-refractivity contribution in [1.82, 2.24) is 9.21 Å². The molecule has 0 spiro atoms. The zero-order valence-corrected chi connectivity index (χ0v) is 31.2. The fourth-order valence-corrected chi connectivity index (χ4v) is 10.1. The third-order valence-corrected chi connectivity index (χ3v) is 12.9. The minimum absolute atomic E-state index is 0.0215. The monoisotopic (exact) mass is 790 g/mol. The van der Waals surface area contributed by atoms with Gasteiger partial charge < -0.3 is 10.0 Å². The van der Waals surface area contributed by atoms with Crippen LogP contribution in [0.2, 0.25) is 0 Å². The summed E-state index contributed by atoms with van der Waals surface area (Å²) in [6, 6.07) is 30.2. The van der Waals surface area contributed by atoms with Crippen LogP contribution < -0.4 is 0 Å². The summed E-state index contributed by atoms with van der Waals surface area (Å²) in [5.74, 6) is -2.02. The van der Waals surface area contributed by atoms with Crippen LogP contribution in [0.3, 0.4) is 0 Å². The maximum absolute atomic E-state index is 14.4. The van der Waals surface area contributed by atoms with Crippen molar-refractivity contribution < 1.29 is 44.7 Å². The predicted molar refractivity (Wildman–Crippen MR) is 201 cm³/mol. The topological polar surface area (TPSA) is 129 Å². The van der Waals surface area contributed by atoms with Gasteiger partial charge in [-0.25, -0.2) is 21.6 Å². The van der Waals surface area contributed by atoms with Crippen molar-refractivity contribution in [3.8, 4) is 22.3 Å². The lowest BCUT2D eigenvalue weighted by Gasteiger charge is -2.34. The van der Waals surface area contributed by atoms with Gasteiger partial charge in [-0.15, -0.1) is 0 Å². The van der Waals surface area contributed by atoms with Gasteiger partial charge in [0.2, 0.25) is 10.0 Å². The summed E-state index contributed by atoms with van der Waals surface area (Å²) in [5.41, 5.74) is 2.72. The van der Waals surface area contributed by atoms with Crippen molar-refractivity contribution in [2.75, 3.05) is 19.3 Å². The first-order valence-corrected chi connectivity index (χ1v) is 20.6. The second-order valence-corrected chi connectivity index (χ2v) is 17.2. The molecule has 1 heterocycles. The Hall–Kier alpha value is -5.31. The van der Waals surface area contributed by atoms with E-state index >= 15 is 0 Å². The highest BCUT2D eigenvalue weighted by Crippen LogP contribution is 2.33. The molecule has 1 amide bonds. The zero-order valence-electron chi connectivity index (χ0n) is 29.6. The Kier molecular flexibility index (Phi) is 11.3. The zero-order chi connectivity index (χ0) is 39.5. The van der Waals surface area contributed by atoms with Crippen molar-refractivity contribution in [1.29, 1.82) is 0 Å². The molecule has 6 rings (SSSR count). The number of carboxylic acid groups (broad SMARTS) is 1. The van der Waals surface area contributed by atoms with Gasteiger partial charge in [0.05, 0.1) is 10.5 Å². The van der Waals surface area contributed by atoms with Crippen LogP contribution in [-0.2, 0) is 37.3 Å². The average molecular weight is 791 g/mol. The van der Waals surface area contributed by atoms with E-state index in [9.17, 15) is 44.7 Å². The van der Waals surface area contributed by atoms with Crippen LogP contribution in [0.5, 0.6) is 0 Å². The molecule has 1 N–H and O–H groups in total. The van der Waals surface area contributed by atoms with Gasteiger partial charge in [0.15, 0.2) is 9.84 Å². The number of sulfone groups is 1. The fraction of sp³-hybridized carbons (Fsp3) is 0.220. The lowest BCUT2D eigenvalue weighted by molar-refractivity contribution is -0.142. The second kappa shape index (κ2) is 15.8. The summed E-state index contributed by atoms with van der Waals surface area (Å²) in [6.07, 6.45) is -3.05. The van der Waals surface area contributed by atoms with Gasteiger partial charge in [-0.1, -0.05) is 91.0 Å². The summed E-state index contributed by atoms with van der Waals surface area (Å²) < 4.78 is 93.9. The van der Waals surface area contributed by atoms with Crippen LogP contribution in [-0.4, -0.2) is 74.5 Å². The Balaban J connectivity index is 1.34. The van der Waals surface area contributed by atoms with Gasteiger partial charge in [-0.2, -0.15) is 17.5 Å². The first-order chi connectivity index (χ1) is 26.0. The number of carbonyl (C=O) groups is 2. The smallest absolute Gasteiger partial charge is 0.416 e. The molecule has 0 bridgehead atoms. The van der Waals surface area contributed by atoms with Crippen LogP contribution >= 0.6 is 0 Å². The number of amides is 1. The van der Waals surface area contributed by atoms with Crippen LogP contribution in [0.4, 0.5) is 13.2 Å². The fourth-order valence-electron chi connectivity index (χ4n) is 6.82. The Morgan fingerprint density at radius 1 is 0.745 bits per heavy atom. The van der Waals surface area contributed by atoms with Crippen LogP contribution in [0, 0.1) is 0 Å². The molecule has 9 nitrogen and oxygen atoms in total. The van der Waals surface area contributed by atoms with E-state index in [0.29, 0.717) is 23.1 Å². The standard InChI is InChI=1S/C41H37F3N2O7S2/c1-54(50,51)37-11-5-6-12-38(37)55(52,53)46-25-7-10-35(46)27-45(36(40(48)49)26-28-13-15-30(16-14-28)29-8-3-2-4-9-29)39(47)33-19-17-31(18-20-33)32-21-23-34(24-22-32)41(42,43)44/h2-6,8-9,11-24,35-36H,7,10,25-27H2,1H3,(H,48,49)/t35-,36+/m1/s1. The molecule has 0 aromatic heterocycles. The number of carboxylic acids is 1. The molecular weight excluding hydrogens is 754 g/mol. The van der Waals surface area contributed by atoms with Gasteiger partial charge in [-0.05, 0) is 77.1 Å². The van der Waals surface area contributed by atoms with Gasteiger partial charge in [0, 0.05) is 37.4 Å². The van der Waals surface area contributed by atoms with Crippen LogP contribution in [0.1, 0.15) is 34.3 Å². The molecule has 0 unspecified atom stereocenters. The third kappa shape index (κ3) is 8.82. The molecule has 1 aliphatic rings. The predicted octanol–water partition coefficient (Wildman–Crippen LogP) is 7.43. The quantitative estimate of drug-likeness (QED) is 0.139. The molecule has 55 heavy (non-hydrogen) atoms. The molecule has 1 aliphatic heterocycles. The second-order valence-electron chi connectivity index (χ2n) is 13.4. The van der Waals surface area contributed by atoms with Crippen LogP contribution in [0.15, 0.2) is 137 Å². The first kappa shape index (κ1) is 39.4. The minimum Gasteiger partial charge on any atom is -0.480 e. The van der Waals surface area contributed by atoms with Crippen molar-refractivity contribution in [3.05, 3.63) is 144 Å². The summed E-state index contributed by atoms with van der Waals surface area (Å²) in [4.78, 5) is 27.8. The molecule has 1 fully saturated rings. The van der Waals surface area contributed by atoms with Crippen molar-refractivity contribution in [2.24, 2.45) is 0 Å². The number of rotatable bonds is 12. The van der Waals surface area contributed by atoms with E-state index in [2.05, 4.69) is 0 Å². The van der Waals surface area contributed by atoms with Gasteiger partial charge in [-0.3, -0.25) is 4.79 Å². The molecule has 1 saturated heterocycles. The third-order valence-electron chi connectivity index (χ3n) is 9.66. The molecule has 2 atom stereocenters. The van der Waals surface area contributed by atoms with Gasteiger partial charge >= 0.3 is 12.1 Å². The summed E-state index contributed by atoms with van der Waals surface area (Å²) in [5, 5.41) is 10.6. The number of aliphatic carboxylic acids is 1. The largest absolute Gasteiger partial charge is 0.480 e. The van der Waals surface area contributed by atoms with E-state index in [-0.39, 0.29) is 36.4 Å². The Morgan fingerprint density at radius 3 is 1.80 bits per heavy atom. The number of sulfonamides is 1. The number of hydrogen-bond acceptors (Lipinski definition) is 6. The van der Waals surface area contributed by atoms with E-state index < -0.39 is 60.5 Å². The lowest BCUT2D eigenvalue weighted by Crippen LogP contribution is -2.52. The van der Waals surface area contributed by atoms with E-state index in [0.717, 1.165) is 38.7 Å². The van der Waals surface area contributed by atoms with Crippen molar-refractivity contribution in [3.63, 3.8) is 0 Å². The first-order valence-electron chi connectivity index (χ1n) is 17.3. The Bertz CT molecular complexity index is 2390. The number of alkyl halides is 3. The minimum atomic E-state index is -4.51. The number of carbonyl (C=O) groups excluding carboxylic acids is 1. The Labute approximate surface area is 317 Å². The highest BCUT2D eigenvalue weighted by atomic mass is 32.2. The van der Waals surface area contributed by atoms with E-state index in [1.54, 1.807) is 24.3 Å². The molecule has 0 radical (unpaired) electrons. The highest BCUT2D eigenvalue weighted by Gasteiger charge is 2.41. The maximum Gasteiger partial charge on any atom is 0.416 e. The molecule has 0 saturated carbocycles. The van der Waals surface area contributed by atoms with Gasteiger partial charge in [0.1, 0.15) is 10.9 Å². The molecule has 5 aromatic rings. The van der Waals surface area contributed by atoms with Crippen molar-refractivity contribution >= 4 is 31.7 Å². The average Bonchev–Trinajstić information content (AvgIpc) is 3.65. The van der Waals surface area contributed by atoms with E-state index in [1.807, 2.05) is 42.5 Å². The Morgan fingerprint density at radius 2 is 1.25 bits per heavy atom. The normalized spacial score (nSPS) is 15.7. The molecule has 0 aliphatic carbocycles. The van der Waals surface area contributed by atoms with Gasteiger partial charge in [0.25, 0.3) is 5.91 Å². The molecule has 5 aromatic carbocycles. The van der Waals surface area contributed by atoms with Crippen molar-refractivity contribution in [2.45, 2.75) is 47.3 Å². The molecular formula is C41H37F3N2O7S2. The summed E-state index contributed by atoms with van der Waals surface area (Å²) >= 11 is 0. The molecule has 286 valence electrons. The van der Waals surface area contributed by atoms with Crippen LogP contribution in [0.25, 0.3) is 22.3 Å². The van der Waals surface area contributed by atoms with E-state index in [1.165, 1.54) is 48.5 Å². The number of halogens is 3. The highest BCUT2D eigenvalue weighted by molar-refractivity contribution is 7.93. The maximum atomic E-state index is 14.4. The summed E-state index contributed by atoms with van der Waals surface area (Å²) in [7, 11) is -8.37. The SMILES string of the molecule is CS(=O)(=O)c1ccccc1S(=O)(=O)N1CCC[C@@H]1CN(C(=O)c1ccc(-c2ccc(C(F)(F)F)cc2)cc1)[C@@H](Cc1ccc(-c2ccccc2)cc1)C(=O)O. The number of nitrogens with zero attached hydrogens (tertiary/aromatic N) is 2.